The molecule has 0 atom stereocenters. The molecule has 0 fully saturated rings. The third-order valence-corrected chi connectivity index (χ3v) is 9.06. The third kappa shape index (κ3) is 9.83. The molecular formula is C39H44Cl2N2Zr. The van der Waals surface area contributed by atoms with E-state index in [0.29, 0.717) is 0 Å². The molecule has 5 heteroatoms. The quantitative estimate of drug-likeness (QED) is 0.149. The molecule has 0 spiro atoms. The van der Waals surface area contributed by atoms with Crippen molar-refractivity contribution in [1.82, 2.24) is 0 Å². The van der Waals surface area contributed by atoms with Gasteiger partial charge in [-0.2, -0.15) is 6.08 Å². The van der Waals surface area contributed by atoms with Gasteiger partial charge in [0, 0.05) is 37.6 Å². The van der Waals surface area contributed by atoms with E-state index in [4.69, 9.17) is 0 Å². The third-order valence-electron chi connectivity index (χ3n) is 7.64. The maximum atomic E-state index is 2.99. The molecule has 0 N–H and O–H groups in total. The van der Waals surface area contributed by atoms with Crippen molar-refractivity contribution >= 4 is 60.9 Å². The molecule has 0 aromatic heterocycles. The monoisotopic (exact) mass is 700 g/mol. The molecule has 0 radical (unpaired) electrons. The fourth-order valence-electron chi connectivity index (χ4n) is 5.28. The molecule has 0 saturated heterocycles. The van der Waals surface area contributed by atoms with Crippen molar-refractivity contribution in [1.29, 1.82) is 0 Å². The van der Waals surface area contributed by atoms with Crippen LogP contribution in [0.1, 0.15) is 45.2 Å². The van der Waals surface area contributed by atoms with Crippen LogP contribution in [0.15, 0.2) is 121 Å². The van der Waals surface area contributed by atoms with E-state index in [0.717, 1.165) is 32.6 Å². The predicted octanol–water partition coefficient (Wildman–Crippen LogP) is 10.4. The van der Waals surface area contributed by atoms with Crippen LogP contribution in [0.2, 0.25) is 0 Å². The molecule has 228 valence electrons. The van der Waals surface area contributed by atoms with Crippen LogP contribution in [0.3, 0.4) is 0 Å². The summed E-state index contributed by atoms with van der Waals surface area (Å²) in [4.78, 5) is 4.80. The molecule has 0 bridgehead atoms. The summed E-state index contributed by atoms with van der Waals surface area (Å²) < 4.78 is 1.42. The first kappa shape index (κ1) is 37.4. The summed E-state index contributed by atoms with van der Waals surface area (Å²) in [6, 6.07) is 37.2. The van der Waals surface area contributed by atoms with Gasteiger partial charge in [0.05, 0.1) is 0 Å². The Balaban J connectivity index is 0.000000273. The molecule has 2 nitrogen and oxygen atoms in total. The number of hydrogen-bond donors (Lipinski definition) is 0. The summed E-state index contributed by atoms with van der Waals surface area (Å²) in [5.41, 5.74) is 5.30. The Morgan fingerprint density at radius 2 is 1.09 bits per heavy atom. The van der Waals surface area contributed by atoms with E-state index < -0.39 is 0 Å². The van der Waals surface area contributed by atoms with Crippen LogP contribution in [0.5, 0.6) is 0 Å². The Morgan fingerprint density at radius 3 is 1.41 bits per heavy atom. The van der Waals surface area contributed by atoms with Crippen LogP contribution < -0.4 is 9.80 Å². The number of anilines is 2. The van der Waals surface area contributed by atoms with Crippen LogP contribution in [0.4, 0.5) is 11.4 Å². The Morgan fingerprint density at radius 1 is 0.659 bits per heavy atom. The van der Waals surface area contributed by atoms with E-state index in [9.17, 15) is 0 Å². The Bertz CT molecular complexity index is 1500. The molecule has 0 heterocycles. The van der Waals surface area contributed by atoms with Crippen molar-refractivity contribution in [2.75, 3.05) is 36.0 Å². The fourth-order valence-corrected chi connectivity index (χ4v) is 6.10. The molecule has 6 rings (SSSR count). The second-order valence-corrected chi connectivity index (χ2v) is 11.4. The van der Waals surface area contributed by atoms with Crippen LogP contribution in [0.25, 0.3) is 21.5 Å². The number of allylic oxidation sites excluding steroid dienone is 4. The van der Waals surface area contributed by atoms with Gasteiger partial charge >= 0.3 is 99.2 Å². The van der Waals surface area contributed by atoms with E-state index in [2.05, 4.69) is 153 Å². The van der Waals surface area contributed by atoms with Gasteiger partial charge in [-0.05, 0) is 27.7 Å². The van der Waals surface area contributed by atoms with Gasteiger partial charge in [0.1, 0.15) is 0 Å². The molecule has 1 aliphatic rings. The van der Waals surface area contributed by atoms with Crippen molar-refractivity contribution in [3.63, 3.8) is 0 Å². The van der Waals surface area contributed by atoms with Gasteiger partial charge in [-0.1, -0.05) is 36.4 Å². The zero-order chi connectivity index (χ0) is 29.7. The summed E-state index contributed by atoms with van der Waals surface area (Å²) in [6.45, 7) is 13.1. The number of rotatable bonds is 8. The SMILES string of the molecule is CCN(CC)c1ccc2c(c1)[cH-]c1cc(N(CC)CC)ccc12.Cl.Cl.[C-]1=CC=CC1.[Zr+2]=[C](c1ccccc1)c1ccccc1. The van der Waals surface area contributed by atoms with Crippen molar-refractivity contribution in [2.24, 2.45) is 0 Å². The average Bonchev–Trinajstić information content (AvgIpc) is 3.75. The fraction of sp³-hybridized carbons (Fsp3) is 0.231. The number of nitrogens with zero attached hydrogens (tertiary/aromatic N) is 2. The Hall–Kier alpha value is -2.84. The number of fused-ring (bicyclic) bond motifs is 3. The first-order valence-corrected chi connectivity index (χ1v) is 16.4. The summed E-state index contributed by atoms with van der Waals surface area (Å²) >= 11 is 1.46. The second kappa shape index (κ2) is 19.5. The van der Waals surface area contributed by atoms with E-state index in [1.165, 1.54) is 71.5 Å². The topological polar surface area (TPSA) is 6.48 Å². The van der Waals surface area contributed by atoms with E-state index >= 15 is 0 Å². The van der Waals surface area contributed by atoms with Gasteiger partial charge in [0.2, 0.25) is 0 Å². The summed E-state index contributed by atoms with van der Waals surface area (Å²) in [7, 11) is 0. The zero-order valence-electron chi connectivity index (χ0n) is 26.3. The molecule has 0 aliphatic heterocycles. The van der Waals surface area contributed by atoms with Crippen LogP contribution in [0, 0.1) is 6.08 Å². The molecule has 5 aromatic rings. The average molecular weight is 703 g/mol. The number of benzene rings is 4. The summed E-state index contributed by atoms with van der Waals surface area (Å²) in [5, 5.41) is 5.42. The van der Waals surface area contributed by atoms with Crippen LogP contribution in [-0.2, 0) is 24.2 Å². The Kier molecular flexibility index (Phi) is 16.6. The van der Waals surface area contributed by atoms with Gasteiger partial charge in [-0.3, -0.25) is 6.08 Å². The van der Waals surface area contributed by atoms with Crippen molar-refractivity contribution in [3.05, 3.63) is 139 Å². The molecule has 1 aliphatic carbocycles. The summed E-state index contributed by atoms with van der Waals surface area (Å²) in [5.74, 6) is 0. The maximum absolute atomic E-state index is 2.99. The van der Waals surface area contributed by atoms with Gasteiger partial charge in [0.25, 0.3) is 0 Å². The van der Waals surface area contributed by atoms with Crippen LogP contribution >= 0.6 is 24.8 Å². The molecule has 0 unspecified atom stereocenters. The van der Waals surface area contributed by atoms with E-state index in [-0.39, 0.29) is 24.8 Å². The van der Waals surface area contributed by atoms with E-state index in [1.807, 2.05) is 12.2 Å². The van der Waals surface area contributed by atoms with Crippen molar-refractivity contribution in [2.45, 2.75) is 34.1 Å². The van der Waals surface area contributed by atoms with Gasteiger partial charge in [-0.15, -0.1) is 58.8 Å². The van der Waals surface area contributed by atoms with Gasteiger partial charge in [0.15, 0.2) is 0 Å². The first-order valence-electron chi connectivity index (χ1n) is 15.1. The summed E-state index contributed by atoms with van der Waals surface area (Å²) in [6.07, 6.45) is 10.0. The van der Waals surface area contributed by atoms with Gasteiger partial charge in [-0.25, -0.2) is 12.2 Å². The standard InChI is InChI=1S/C21H27N2.C13H10.C5H5.2ClH.Zr/c1-5-22(6-2)18-9-11-20-16(14-18)13-17-15-19(10-12-21(17)20)23(7-3)8-4;1-3-7-12(8-4-1)11-13-9-5-2-6-10-13;1-2-4-5-3-1;;;/h9-15H,5-8H2,1-4H3;1-10H;1-3H,4H2;2*1H;/q-1;;-1;;;+2. The minimum atomic E-state index is 0. The first-order chi connectivity index (χ1) is 20.6. The molecular weight excluding hydrogens is 659 g/mol. The van der Waals surface area contributed by atoms with Crippen LogP contribution in [-0.4, -0.2) is 29.4 Å². The number of halogens is 2. The van der Waals surface area contributed by atoms with Crippen molar-refractivity contribution < 1.29 is 24.2 Å². The minimum absolute atomic E-state index is 0. The molecule has 0 amide bonds. The molecule has 5 aromatic carbocycles. The molecule has 44 heavy (non-hydrogen) atoms. The normalized spacial score (nSPS) is 11.0. The van der Waals surface area contributed by atoms with Gasteiger partial charge < -0.3 is 9.80 Å². The van der Waals surface area contributed by atoms with E-state index in [1.54, 1.807) is 0 Å². The second-order valence-electron chi connectivity index (χ2n) is 10.1. The predicted molar refractivity (Wildman–Crippen MR) is 196 cm³/mol. The zero-order valence-corrected chi connectivity index (χ0v) is 30.4. The molecule has 0 saturated carbocycles. The number of hydrogen-bond acceptors (Lipinski definition) is 2. The van der Waals surface area contributed by atoms with Crippen molar-refractivity contribution in [3.8, 4) is 0 Å². The Labute approximate surface area is 292 Å².